The molecule has 6 rings (SSSR count). The Labute approximate surface area is 173 Å². The first-order chi connectivity index (χ1) is 13.8. The van der Waals surface area contributed by atoms with Crippen molar-refractivity contribution in [1.29, 1.82) is 0 Å². The molecular weight excluding hydrogens is 376 g/mol. The summed E-state index contributed by atoms with van der Waals surface area (Å²) in [6.45, 7) is 0. The molecule has 28 heavy (non-hydrogen) atoms. The maximum atomic E-state index is 2.37. The van der Waals surface area contributed by atoms with E-state index in [2.05, 4.69) is 84.9 Å². The van der Waals surface area contributed by atoms with E-state index in [1.807, 2.05) is 21.6 Å². The van der Waals surface area contributed by atoms with E-state index in [0.29, 0.717) is 0 Å². The topological polar surface area (TPSA) is 0 Å². The van der Waals surface area contributed by atoms with Crippen molar-refractivity contribution in [3.8, 4) is 22.3 Å². The molecule has 0 aliphatic heterocycles. The lowest BCUT2D eigenvalue weighted by atomic mass is 10.1. The molecule has 0 N–H and O–H groups in total. The average molecular weight is 395 g/mol. The van der Waals surface area contributed by atoms with Crippen molar-refractivity contribution in [3.05, 3.63) is 107 Å². The molecule has 0 radical (unpaired) electrons. The standard InChI is InChI=1S/C26H18S2/c1-3-7-23-17(5-1)13-19-15-21(9-11-25(19)23)27-28-22-10-12-26-20(16-22)14-18-6-2-4-8-24(18)26/h1-12,15-16H,13-14H2. The fourth-order valence-corrected chi connectivity index (χ4v) is 6.46. The van der Waals surface area contributed by atoms with Gasteiger partial charge in [-0.1, -0.05) is 82.3 Å². The van der Waals surface area contributed by atoms with E-state index in [0.717, 1.165) is 12.8 Å². The third-order valence-corrected chi connectivity index (χ3v) is 8.15. The molecule has 0 nitrogen and oxygen atoms in total. The summed E-state index contributed by atoms with van der Waals surface area (Å²) in [7, 11) is 3.73. The van der Waals surface area contributed by atoms with Crippen molar-refractivity contribution < 1.29 is 0 Å². The first-order valence-electron chi connectivity index (χ1n) is 9.62. The van der Waals surface area contributed by atoms with Crippen molar-refractivity contribution in [3.63, 3.8) is 0 Å². The summed E-state index contributed by atoms with van der Waals surface area (Å²) in [5, 5.41) is 0. The van der Waals surface area contributed by atoms with Crippen molar-refractivity contribution in [2.75, 3.05) is 0 Å². The van der Waals surface area contributed by atoms with E-state index in [1.54, 1.807) is 0 Å². The predicted molar refractivity (Wildman–Crippen MR) is 121 cm³/mol. The van der Waals surface area contributed by atoms with Gasteiger partial charge in [0.25, 0.3) is 0 Å². The van der Waals surface area contributed by atoms with Gasteiger partial charge in [-0.2, -0.15) is 0 Å². The zero-order chi connectivity index (χ0) is 18.5. The van der Waals surface area contributed by atoms with Crippen molar-refractivity contribution in [2.24, 2.45) is 0 Å². The molecule has 0 aromatic heterocycles. The van der Waals surface area contributed by atoms with Gasteiger partial charge in [0.15, 0.2) is 0 Å². The van der Waals surface area contributed by atoms with E-state index in [1.165, 1.54) is 54.3 Å². The van der Waals surface area contributed by atoms with Crippen molar-refractivity contribution in [2.45, 2.75) is 22.6 Å². The zero-order valence-corrected chi connectivity index (χ0v) is 16.9. The Kier molecular flexibility index (Phi) is 3.88. The summed E-state index contributed by atoms with van der Waals surface area (Å²) in [6.07, 6.45) is 2.11. The number of hydrogen-bond acceptors (Lipinski definition) is 2. The second-order valence-electron chi connectivity index (χ2n) is 7.47. The molecule has 0 bridgehead atoms. The maximum Gasteiger partial charge on any atom is 0.0189 e. The molecule has 4 aromatic carbocycles. The SMILES string of the molecule is c1ccc2c(c1)Cc1cc(SSc3ccc4c(c3)Cc3ccccc3-4)ccc1-2. The van der Waals surface area contributed by atoms with Crippen LogP contribution in [0.5, 0.6) is 0 Å². The Hall–Kier alpha value is -2.42. The molecular formula is C26H18S2. The molecule has 4 aromatic rings. The Morgan fingerprint density at radius 1 is 0.429 bits per heavy atom. The van der Waals surface area contributed by atoms with E-state index < -0.39 is 0 Å². The van der Waals surface area contributed by atoms with Crippen molar-refractivity contribution in [1.82, 2.24) is 0 Å². The van der Waals surface area contributed by atoms with Gasteiger partial charge in [0, 0.05) is 9.79 Å². The van der Waals surface area contributed by atoms with E-state index in [-0.39, 0.29) is 0 Å². The van der Waals surface area contributed by atoms with Crippen LogP contribution < -0.4 is 0 Å². The molecule has 2 aliphatic rings. The van der Waals surface area contributed by atoms with Crippen LogP contribution in [0.15, 0.2) is 94.7 Å². The number of benzene rings is 4. The smallest absolute Gasteiger partial charge is 0.0189 e. The minimum atomic E-state index is 1.06. The molecule has 0 fully saturated rings. The van der Waals surface area contributed by atoms with E-state index in [9.17, 15) is 0 Å². The summed E-state index contributed by atoms with van der Waals surface area (Å²) in [6, 6.07) is 31.4. The van der Waals surface area contributed by atoms with Gasteiger partial charge >= 0.3 is 0 Å². The fourth-order valence-electron chi connectivity index (χ4n) is 4.44. The van der Waals surface area contributed by atoms with Crippen LogP contribution in [0, 0.1) is 0 Å². The molecule has 0 amide bonds. The lowest BCUT2D eigenvalue weighted by Crippen LogP contribution is -1.82. The molecule has 0 saturated heterocycles. The fraction of sp³-hybridized carbons (Fsp3) is 0.0769. The number of fused-ring (bicyclic) bond motifs is 6. The third kappa shape index (κ3) is 2.71. The number of rotatable bonds is 3. The summed E-state index contributed by atoms with van der Waals surface area (Å²) >= 11 is 0. The molecule has 0 saturated carbocycles. The van der Waals surface area contributed by atoms with Gasteiger partial charge in [-0.15, -0.1) is 0 Å². The zero-order valence-electron chi connectivity index (χ0n) is 15.3. The van der Waals surface area contributed by atoms with Crippen LogP contribution in [0.1, 0.15) is 22.3 Å². The highest BCUT2D eigenvalue weighted by Crippen LogP contribution is 2.44. The predicted octanol–water partition coefficient (Wildman–Crippen LogP) is 7.63. The molecule has 2 heteroatoms. The summed E-state index contributed by atoms with van der Waals surface area (Å²) in [5.74, 6) is 0. The van der Waals surface area contributed by atoms with Crippen LogP contribution in [0.3, 0.4) is 0 Å². The van der Waals surface area contributed by atoms with Crippen LogP contribution in [0.25, 0.3) is 22.3 Å². The second-order valence-corrected chi connectivity index (χ2v) is 9.75. The van der Waals surface area contributed by atoms with E-state index in [4.69, 9.17) is 0 Å². The van der Waals surface area contributed by atoms with Crippen LogP contribution in [-0.4, -0.2) is 0 Å². The first kappa shape index (κ1) is 16.5. The van der Waals surface area contributed by atoms with Gasteiger partial charge in [0.2, 0.25) is 0 Å². The Morgan fingerprint density at radius 3 is 1.36 bits per heavy atom. The molecule has 0 atom stereocenters. The first-order valence-corrected chi connectivity index (χ1v) is 11.8. The van der Waals surface area contributed by atoms with Gasteiger partial charge in [-0.3, -0.25) is 0 Å². The maximum absolute atomic E-state index is 2.37. The average Bonchev–Trinajstić information content (AvgIpc) is 3.29. The lowest BCUT2D eigenvalue weighted by Gasteiger charge is -2.07. The highest BCUT2D eigenvalue weighted by Gasteiger charge is 2.19. The molecule has 0 unspecified atom stereocenters. The van der Waals surface area contributed by atoms with Gasteiger partial charge in [-0.25, -0.2) is 0 Å². The quantitative estimate of drug-likeness (QED) is 0.283. The monoisotopic (exact) mass is 394 g/mol. The molecule has 0 spiro atoms. The Bertz CT molecular complexity index is 1130. The van der Waals surface area contributed by atoms with Crippen LogP contribution in [0.2, 0.25) is 0 Å². The highest BCUT2D eigenvalue weighted by molar-refractivity contribution is 8.76. The minimum Gasteiger partial charge on any atom is -0.0619 e. The lowest BCUT2D eigenvalue weighted by molar-refractivity contribution is 1.24. The minimum absolute atomic E-state index is 1.06. The Morgan fingerprint density at radius 2 is 0.857 bits per heavy atom. The summed E-state index contributed by atoms with van der Waals surface area (Å²) in [5.41, 5.74) is 11.4. The van der Waals surface area contributed by atoms with E-state index >= 15 is 0 Å². The molecule has 2 aliphatic carbocycles. The van der Waals surface area contributed by atoms with Gasteiger partial charge < -0.3 is 0 Å². The largest absolute Gasteiger partial charge is 0.0619 e. The van der Waals surface area contributed by atoms with Gasteiger partial charge in [0.1, 0.15) is 0 Å². The summed E-state index contributed by atoms with van der Waals surface area (Å²) in [4.78, 5) is 2.67. The molecule has 134 valence electrons. The van der Waals surface area contributed by atoms with Crippen LogP contribution in [-0.2, 0) is 12.8 Å². The highest BCUT2D eigenvalue weighted by atomic mass is 33.1. The van der Waals surface area contributed by atoms with Crippen LogP contribution in [0.4, 0.5) is 0 Å². The second kappa shape index (κ2) is 6.58. The van der Waals surface area contributed by atoms with Crippen molar-refractivity contribution >= 4 is 21.6 Å². The third-order valence-electron chi connectivity index (χ3n) is 5.76. The summed E-state index contributed by atoms with van der Waals surface area (Å²) < 4.78 is 0. The Balaban J connectivity index is 1.22. The van der Waals surface area contributed by atoms with Gasteiger partial charge in [-0.05, 0) is 81.6 Å². The number of hydrogen-bond donors (Lipinski definition) is 0. The normalized spacial score (nSPS) is 13.0. The van der Waals surface area contributed by atoms with Crippen LogP contribution >= 0.6 is 21.6 Å². The molecule has 0 heterocycles. The van der Waals surface area contributed by atoms with Gasteiger partial charge in [0.05, 0.1) is 0 Å².